The molecule has 6 heteroatoms. The van der Waals surface area contributed by atoms with E-state index in [0.717, 1.165) is 51.9 Å². The van der Waals surface area contributed by atoms with E-state index < -0.39 is 0 Å². The average Bonchev–Trinajstić information content (AvgIpc) is 3.07. The van der Waals surface area contributed by atoms with Gasteiger partial charge in [0.1, 0.15) is 0 Å². The number of piperidine rings is 1. The molecule has 0 aromatic rings. The molecule has 1 aliphatic carbocycles. The highest BCUT2D eigenvalue weighted by Crippen LogP contribution is 2.42. The van der Waals surface area contributed by atoms with Crippen molar-refractivity contribution in [2.24, 2.45) is 11.3 Å². The number of nitrogens with one attached hydrogen (secondary N) is 1. The van der Waals surface area contributed by atoms with Gasteiger partial charge in [-0.1, -0.05) is 0 Å². The summed E-state index contributed by atoms with van der Waals surface area (Å²) >= 11 is 0. The second-order valence-electron chi connectivity index (χ2n) is 7.99. The molecule has 1 spiro atoms. The Labute approximate surface area is 137 Å². The van der Waals surface area contributed by atoms with Crippen LogP contribution in [0.1, 0.15) is 38.5 Å². The Morgan fingerprint density at radius 2 is 1.96 bits per heavy atom. The van der Waals surface area contributed by atoms with Crippen LogP contribution in [-0.2, 0) is 9.53 Å². The van der Waals surface area contributed by atoms with E-state index in [1.165, 1.54) is 13.5 Å². The van der Waals surface area contributed by atoms with Crippen LogP contribution < -0.4 is 5.32 Å². The molecule has 128 valence electrons. The number of nitrogens with zero attached hydrogens (tertiary/aromatic N) is 2. The fourth-order valence-corrected chi connectivity index (χ4v) is 5.31. The lowest BCUT2D eigenvalue weighted by Crippen LogP contribution is -2.49. The number of amides is 2. The molecule has 2 amide bonds. The Morgan fingerprint density at radius 3 is 2.61 bits per heavy atom. The minimum absolute atomic E-state index is 0.161. The molecule has 3 aliphatic heterocycles. The molecule has 3 heterocycles. The predicted molar refractivity (Wildman–Crippen MR) is 84.9 cm³/mol. The van der Waals surface area contributed by atoms with E-state index in [1.807, 2.05) is 4.90 Å². The van der Waals surface area contributed by atoms with E-state index in [2.05, 4.69) is 10.2 Å². The monoisotopic (exact) mass is 321 g/mol. The van der Waals surface area contributed by atoms with Crippen LogP contribution in [0.5, 0.6) is 0 Å². The van der Waals surface area contributed by atoms with Crippen molar-refractivity contribution in [3.8, 4) is 0 Å². The van der Waals surface area contributed by atoms with Crippen LogP contribution in [0.15, 0.2) is 0 Å². The first-order valence-electron chi connectivity index (χ1n) is 8.94. The second kappa shape index (κ2) is 5.65. The predicted octanol–water partition coefficient (Wildman–Crippen LogP) is 1.21. The first kappa shape index (κ1) is 15.2. The summed E-state index contributed by atoms with van der Waals surface area (Å²) in [6, 6.07) is 0.952. The van der Waals surface area contributed by atoms with Crippen molar-refractivity contribution in [3.63, 3.8) is 0 Å². The third-order valence-corrected chi connectivity index (χ3v) is 6.63. The van der Waals surface area contributed by atoms with Crippen LogP contribution >= 0.6 is 0 Å². The largest absolute Gasteiger partial charge is 0.453 e. The van der Waals surface area contributed by atoms with Gasteiger partial charge in [0.15, 0.2) is 0 Å². The van der Waals surface area contributed by atoms with Gasteiger partial charge >= 0.3 is 6.09 Å². The van der Waals surface area contributed by atoms with Crippen LogP contribution in [0.4, 0.5) is 4.79 Å². The van der Waals surface area contributed by atoms with Crippen LogP contribution in [0.2, 0.25) is 0 Å². The molecule has 0 radical (unpaired) electrons. The lowest BCUT2D eigenvalue weighted by molar-refractivity contribution is -0.119. The SMILES string of the molecule is COC(=O)N1CC2CC(N3CCC4(CC3)CNC(=O)C4)CC1C2. The number of methoxy groups -OCH3 is 1. The average molecular weight is 321 g/mol. The molecule has 3 atom stereocenters. The number of rotatable bonds is 1. The minimum atomic E-state index is -0.161. The Morgan fingerprint density at radius 1 is 1.22 bits per heavy atom. The topological polar surface area (TPSA) is 61.9 Å². The normalized spacial score (nSPS) is 36.3. The highest BCUT2D eigenvalue weighted by atomic mass is 16.5. The summed E-state index contributed by atoms with van der Waals surface area (Å²) in [6.45, 7) is 3.92. The van der Waals surface area contributed by atoms with Crippen LogP contribution in [-0.4, -0.2) is 67.2 Å². The number of hydrogen-bond donors (Lipinski definition) is 1. The third-order valence-electron chi connectivity index (χ3n) is 6.63. The molecule has 1 N–H and O–H groups in total. The lowest BCUT2D eigenvalue weighted by Gasteiger charge is -2.44. The van der Waals surface area contributed by atoms with Crippen molar-refractivity contribution in [1.29, 1.82) is 0 Å². The van der Waals surface area contributed by atoms with Crippen LogP contribution in [0, 0.1) is 11.3 Å². The van der Waals surface area contributed by atoms with Crippen molar-refractivity contribution in [1.82, 2.24) is 15.1 Å². The summed E-state index contributed by atoms with van der Waals surface area (Å²) < 4.78 is 4.93. The molecule has 0 aromatic heterocycles. The second-order valence-corrected chi connectivity index (χ2v) is 7.99. The minimum Gasteiger partial charge on any atom is -0.453 e. The summed E-state index contributed by atoms with van der Waals surface area (Å²) in [6.07, 6.45) is 6.22. The maximum atomic E-state index is 11.9. The molecular weight excluding hydrogens is 294 g/mol. The molecule has 6 nitrogen and oxygen atoms in total. The summed E-state index contributed by atoms with van der Waals surface area (Å²) in [5, 5.41) is 3.01. The zero-order valence-corrected chi connectivity index (χ0v) is 13.9. The van der Waals surface area contributed by atoms with E-state index >= 15 is 0 Å². The van der Waals surface area contributed by atoms with Gasteiger partial charge in [0.25, 0.3) is 0 Å². The summed E-state index contributed by atoms with van der Waals surface area (Å²) in [4.78, 5) is 28.0. The van der Waals surface area contributed by atoms with Gasteiger partial charge in [0, 0.05) is 31.6 Å². The van der Waals surface area contributed by atoms with Gasteiger partial charge in [-0.25, -0.2) is 4.79 Å². The quantitative estimate of drug-likeness (QED) is 0.788. The van der Waals surface area contributed by atoms with E-state index in [1.54, 1.807) is 0 Å². The van der Waals surface area contributed by atoms with Crippen molar-refractivity contribution < 1.29 is 14.3 Å². The molecule has 4 rings (SSSR count). The lowest BCUT2D eigenvalue weighted by atomic mass is 9.76. The zero-order chi connectivity index (χ0) is 16.0. The van der Waals surface area contributed by atoms with Crippen molar-refractivity contribution in [2.75, 3.05) is 33.3 Å². The van der Waals surface area contributed by atoms with E-state index in [9.17, 15) is 9.59 Å². The van der Waals surface area contributed by atoms with Gasteiger partial charge in [-0.15, -0.1) is 0 Å². The van der Waals surface area contributed by atoms with Gasteiger partial charge in [-0.05, 0) is 56.5 Å². The number of hydrogen-bond acceptors (Lipinski definition) is 4. The zero-order valence-electron chi connectivity index (χ0n) is 13.9. The number of carbonyl (C=O) groups is 2. The first-order chi connectivity index (χ1) is 11.1. The van der Waals surface area contributed by atoms with E-state index in [-0.39, 0.29) is 17.4 Å². The van der Waals surface area contributed by atoms with Crippen LogP contribution in [0.3, 0.4) is 0 Å². The fraction of sp³-hybridized carbons (Fsp3) is 0.882. The Bertz CT molecular complexity index is 501. The molecule has 0 aromatic carbocycles. The van der Waals surface area contributed by atoms with Gasteiger partial charge in [-0.3, -0.25) is 4.79 Å². The highest BCUT2D eigenvalue weighted by molar-refractivity contribution is 5.79. The fourth-order valence-electron chi connectivity index (χ4n) is 5.31. The number of fused-ring (bicyclic) bond motifs is 2. The molecule has 1 saturated carbocycles. The Balaban J connectivity index is 1.36. The maximum absolute atomic E-state index is 11.9. The maximum Gasteiger partial charge on any atom is 0.409 e. The standard InChI is InChI=1S/C17H27N3O3/c1-23-16(22)20-10-12-6-13(8-14(20)7-12)19-4-2-17(3-5-19)9-15(21)18-11-17/h12-14H,2-11H2,1H3,(H,18,21). The van der Waals surface area contributed by atoms with Gasteiger partial charge in [0.2, 0.25) is 5.91 Å². The number of ether oxygens (including phenoxy) is 1. The molecule has 23 heavy (non-hydrogen) atoms. The van der Waals surface area contributed by atoms with Crippen molar-refractivity contribution in [3.05, 3.63) is 0 Å². The summed E-state index contributed by atoms with van der Waals surface area (Å²) in [7, 11) is 1.48. The number of likely N-dealkylation sites (tertiary alicyclic amines) is 2. The van der Waals surface area contributed by atoms with Gasteiger partial charge in [0.05, 0.1) is 7.11 Å². The van der Waals surface area contributed by atoms with Gasteiger partial charge in [-0.2, -0.15) is 0 Å². The van der Waals surface area contributed by atoms with Crippen molar-refractivity contribution in [2.45, 2.75) is 50.6 Å². The van der Waals surface area contributed by atoms with Crippen molar-refractivity contribution >= 4 is 12.0 Å². The molecule has 4 aliphatic rings. The van der Waals surface area contributed by atoms with E-state index in [0.29, 0.717) is 24.4 Å². The summed E-state index contributed by atoms with van der Waals surface area (Å²) in [5.41, 5.74) is 0.222. The van der Waals surface area contributed by atoms with Crippen LogP contribution in [0.25, 0.3) is 0 Å². The molecule has 3 saturated heterocycles. The molecule has 3 unspecified atom stereocenters. The molecule has 2 bridgehead atoms. The third kappa shape index (κ3) is 2.71. The van der Waals surface area contributed by atoms with Gasteiger partial charge < -0.3 is 19.9 Å². The Kier molecular flexibility index (Phi) is 3.75. The first-order valence-corrected chi connectivity index (χ1v) is 8.94. The number of carbonyl (C=O) groups excluding carboxylic acids is 2. The summed E-state index contributed by atoms with van der Waals surface area (Å²) in [5.74, 6) is 0.853. The molecular formula is C17H27N3O3. The van der Waals surface area contributed by atoms with E-state index in [4.69, 9.17) is 4.74 Å². The smallest absolute Gasteiger partial charge is 0.409 e. The highest BCUT2D eigenvalue weighted by Gasteiger charge is 2.46. The molecule has 4 fully saturated rings. The Hall–Kier alpha value is -1.30.